The highest BCUT2D eigenvalue weighted by atomic mass is 16.5. The lowest BCUT2D eigenvalue weighted by molar-refractivity contribution is 0.0360. The van der Waals surface area contributed by atoms with Crippen LogP contribution in [0.15, 0.2) is 0 Å². The number of aliphatic hydroxyl groups is 1. The Morgan fingerprint density at radius 2 is 2.00 bits per heavy atom. The van der Waals surface area contributed by atoms with E-state index in [1.807, 2.05) is 6.92 Å². The molecule has 4 N–H and O–H groups in total. The number of carbonyl (C=O) groups excluding carboxylic acids is 1. The normalized spacial score (nSPS) is 29.0. The van der Waals surface area contributed by atoms with Crippen LogP contribution in [0.1, 0.15) is 67.2 Å². The number of nitrogens with one attached hydrogen (secondary N) is 1. The quantitative estimate of drug-likeness (QED) is 0.699. The van der Waals surface area contributed by atoms with Crippen LogP contribution in [0.4, 0.5) is 4.79 Å². The van der Waals surface area contributed by atoms with Crippen molar-refractivity contribution in [2.75, 3.05) is 13.2 Å². The van der Waals surface area contributed by atoms with Gasteiger partial charge in [0.2, 0.25) is 0 Å². The first-order chi connectivity index (χ1) is 10.3. The van der Waals surface area contributed by atoms with Gasteiger partial charge in [0.15, 0.2) is 0 Å². The van der Waals surface area contributed by atoms with Crippen LogP contribution < -0.4 is 11.1 Å². The zero-order valence-electron chi connectivity index (χ0n) is 15.7. The molecule has 1 saturated carbocycles. The Morgan fingerprint density at radius 3 is 2.52 bits per heavy atom. The minimum atomic E-state index is -0.740. The van der Waals surface area contributed by atoms with E-state index in [0.717, 1.165) is 19.3 Å². The van der Waals surface area contributed by atoms with Crippen molar-refractivity contribution in [2.24, 2.45) is 22.5 Å². The highest BCUT2D eigenvalue weighted by molar-refractivity contribution is 5.67. The van der Waals surface area contributed by atoms with E-state index in [1.165, 1.54) is 0 Å². The molecule has 0 spiro atoms. The van der Waals surface area contributed by atoms with Crippen LogP contribution in [-0.2, 0) is 4.74 Å². The van der Waals surface area contributed by atoms with Crippen LogP contribution in [-0.4, -0.2) is 36.0 Å². The number of nitrogens with two attached hydrogens (primary N) is 1. The third-order valence-corrected chi connectivity index (χ3v) is 4.61. The first-order valence-electron chi connectivity index (χ1n) is 8.70. The van der Waals surface area contributed by atoms with Gasteiger partial charge in [-0.25, -0.2) is 4.79 Å². The molecule has 136 valence electrons. The molecule has 5 heteroatoms. The number of rotatable bonds is 6. The van der Waals surface area contributed by atoms with E-state index in [9.17, 15) is 9.90 Å². The molecular weight excluding hydrogens is 292 g/mol. The molecule has 0 aromatic carbocycles. The Hall–Kier alpha value is -0.810. The summed E-state index contributed by atoms with van der Waals surface area (Å²) in [5, 5.41) is 12.8. The summed E-state index contributed by atoms with van der Waals surface area (Å²) in [4.78, 5) is 12.1. The van der Waals surface area contributed by atoms with Gasteiger partial charge in [-0.2, -0.15) is 0 Å². The maximum absolute atomic E-state index is 12.1. The van der Waals surface area contributed by atoms with E-state index in [4.69, 9.17) is 10.5 Å². The summed E-state index contributed by atoms with van der Waals surface area (Å²) in [5.74, 6) is 0.123. The fourth-order valence-corrected chi connectivity index (χ4v) is 4.23. The Kier molecular flexibility index (Phi) is 6.50. The van der Waals surface area contributed by atoms with Crippen LogP contribution >= 0.6 is 0 Å². The van der Waals surface area contributed by atoms with Crippen molar-refractivity contribution in [1.82, 2.24) is 5.32 Å². The second-order valence-electron chi connectivity index (χ2n) is 9.33. The van der Waals surface area contributed by atoms with Crippen molar-refractivity contribution in [1.29, 1.82) is 0 Å². The topological polar surface area (TPSA) is 84.6 Å². The fourth-order valence-electron chi connectivity index (χ4n) is 4.23. The molecule has 0 aromatic rings. The molecule has 0 bridgehead atoms. The summed E-state index contributed by atoms with van der Waals surface area (Å²) in [5.41, 5.74) is 5.43. The number of hydrogen-bond acceptors (Lipinski definition) is 4. The number of hydrogen-bond donors (Lipinski definition) is 3. The number of ether oxygens (including phenoxy) is 1. The Morgan fingerprint density at radius 1 is 1.39 bits per heavy atom. The van der Waals surface area contributed by atoms with Crippen LogP contribution in [0, 0.1) is 16.7 Å². The second-order valence-corrected chi connectivity index (χ2v) is 9.33. The average Bonchev–Trinajstić information content (AvgIpc) is 2.32. The molecule has 1 fully saturated rings. The van der Waals surface area contributed by atoms with Crippen molar-refractivity contribution in [3.8, 4) is 0 Å². The van der Waals surface area contributed by atoms with Gasteiger partial charge in [-0.05, 0) is 62.8 Å². The van der Waals surface area contributed by atoms with Crippen molar-refractivity contribution in [3.63, 3.8) is 0 Å². The fraction of sp³-hybridized carbons (Fsp3) is 0.944. The molecule has 0 saturated heterocycles. The molecule has 1 aliphatic carbocycles. The van der Waals surface area contributed by atoms with E-state index in [0.29, 0.717) is 19.6 Å². The zero-order chi connectivity index (χ0) is 17.9. The summed E-state index contributed by atoms with van der Waals surface area (Å²) in [6.45, 7) is 13.1. The Balaban J connectivity index is 2.47. The van der Waals surface area contributed by atoms with Gasteiger partial charge in [0.25, 0.3) is 0 Å². The average molecular weight is 328 g/mol. The van der Waals surface area contributed by atoms with Gasteiger partial charge in [0.1, 0.15) is 0 Å². The summed E-state index contributed by atoms with van der Waals surface area (Å²) in [6.07, 6.45) is 3.14. The maximum Gasteiger partial charge on any atom is 0.407 e. The van der Waals surface area contributed by atoms with E-state index in [1.54, 1.807) is 13.8 Å². The third-order valence-electron chi connectivity index (χ3n) is 4.61. The molecule has 0 heterocycles. The predicted octanol–water partition coefficient (Wildman–Crippen LogP) is 3.05. The molecule has 3 unspecified atom stereocenters. The van der Waals surface area contributed by atoms with Gasteiger partial charge in [0.05, 0.1) is 12.2 Å². The van der Waals surface area contributed by atoms with Crippen molar-refractivity contribution >= 4 is 6.09 Å². The first kappa shape index (κ1) is 20.2. The van der Waals surface area contributed by atoms with Gasteiger partial charge in [-0.15, -0.1) is 0 Å². The SMILES string of the molecule is CC(COC(=O)NC1CC(C)(C)CC(C)(CN)C1)CC(C)(C)O. The minimum Gasteiger partial charge on any atom is -0.449 e. The van der Waals surface area contributed by atoms with Crippen molar-refractivity contribution < 1.29 is 14.6 Å². The van der Waals surface area contributed by atoms with Crippen LogP contribution in [0.5, 0.6) is 0 Å². The van der Waals surface area contributed by atoms with Crippen LogP contribution in [0.3, 0.4) is 0 Å². The minimum absolute atomic E-state index is 0.0634. The van der Waals surface area contributed by atoms with E-state index in [2.05, 4.69) is 26.1 Å². The lowest BCUT2D eigenvalue weighted by Gasteiger charge is -2.46. The van der Waals surface area contributed by atoms with Crippen LogP contribution in [0.25, 0.3) is 0 Å². The predicted molar refractivity (Wildman–Crippen MR) is 93.1 cm³/mol. The molecule has 3 atom stereocenters. The molecule has 1 aliphatic rings. The highest BCUT2D eigenvalue weighted by Gasteiger charge is 2.41. The lowest BCUT2D eigenvalue weighted by atomic mass is 9.63. The second kappa shape index (κ2) is 7.39. The summed E-state index contributed by atoms with van der Waals surface area (Å²) in [6, 6.07) is 0.101. The first-order valence-corrected chi connectivity index (χ1v) is 8.70. The number of carbonyl (C=O) groups is 1. The molecule has 5 nitrogen and oxygen atoms in total. The third kappa shape index (κ3) is 7.53. The molecule has 0 radical (unpaired) electrons. The summed E-state index contributed by atoms with van der Waals surface area (Å²) < 4.78 is 5.33. The van der Waals surface area contributed by atoms with Crippen molar-refractivity contribution in [2.45, 2.75) is 78.9 Å². The smallest absolute Gasteiger partial charge is 0.407 e. The summed E-state index contributed by atoms with van der Waals surface area (Å²) >= 11 is 0. The van der Waals surface area contributed by atoms with Gasteiger partial charge in [-0.1, -0.05) is 27.7 Å². The van der Waals surface area contributed by atoms with E-state index < -0.39 is 5.60 Å². The van der Waals surface area contributed by atoms with Gasteiger partial charge in [0, 0.05) is 6.04 Å². The largest absolute Gasteiger partial charge is 0.449 e. The van der Waals surface area contributed by atoms with Gasteiger partial charge < -0.3 is 20.9 Å². The molecular formula is C18H36N2O3. The zero-order valence-corrected chi connectivity index (χ0v) is 15.7. The Bertz CT molecular complexity index is 404. The highest BCUT2D eigenvalue weighted by Crippen LogP contribution is 2.45. The number of alkyl carbamates (subject to hydrolysis) is 1. The van der Waals surface area contributed by atoms with E-state index in [-0.39, 0.29) is 28.9 Å². The standard InChI is InChI=1S/C18H36N2O3/c1-13(7-17(4,5)22)10-23-15(21)20-14-8-16(2,3)11-18(6,9-14)12-19/h13-14,22H,7-12,19H2,1-6H3,(H,20,21). The van der Waals surface area contributed by atoms with Gasteiger partial charge in [-0.3, -0.25) is 0 Å². The van der Waals surface area contributed by atoms with Crippen LogP contribution in [0.2, 0.25) is 0 Å². The van der Waals surface area contributed by atoms with Crippen molar-refractivity contribution in [3.05, 3.63) is 0 Å². The Labute approximate surface area is 141 Å². The maximum atomic E-state index is 12.1. The summed E-state index contributed by atoms with van der Waals surface area (Å²) in [7, 11) is 0. The molecule has 0 aliphatic heterocycles. The number of amides is 1. The molecule has 23 heavy (non-hydrogen) atoms. The molecule has 1 amide bonds. The van der Waals surface area contributed by atoms with Gasteiger partial charge >= 0.3 is 6.09 Å². The monoisotopic (exact) mass is 328 g/mol. The van der Waals surface area contributed by atoms with E-state index >= 15 is 0 Å². The molecule has 1 rings (SSSR count). The lowest BCUT2D eigenvalue weighted by Crippen LogP contribution is -2.49. The molecule has 0 aromatic heterocycles.